The molecule has 9 heteroatoms. The Kier molecular flexibility index (Phi) is 7.85. The summed E-state index contributed by atoms with van der Waals surface area (Å²) in [5, 5.41) is 18.0. The van der Waals surface area contributed by atoms with Gasteiger partial charge in [0.25, 0.3) is 11.5 Å². The maximum Gasteiger partial charge on any atom is 0.264 e. The third kappa shape index (κ3) is 5.73. The highest BCUT2D eigenvalue weighted by atomic mass is 32.2. The Balaban J connectivity index is 2.06. The standard InChI is InChI=1S/C21H26N2O6S/c1-21(20(26)22-27,30(2,28)29)10-12-23-11-9-17(14-19(23)25)6-4-3-5-16-7-8-18(13-16)15-24/h9,11,14,16,18,24,27H,7-8,10,12-13,15H2,1-2H3,(H,22,26). The topological polar surface area (TPSA) is 126 Å². The number of pyridine rings is 1. The van der Waals surface area contributed by atoms with Crippen molar-refractivity contribution in [2.24, 2.45) is 11.8 Å². The number of aryl methyl sites for hydroxylation is 1. The van der Waals surface area contributed by atoms with E-state index >= 15 is 0 Å². The summed E-state index contributed by atoms with van der Waals surface area (Å²) in [6, 6.07) is 2.92. The number of aliphatic hydroxyl groups excluding tert-OH is 1. The van der Waals surface area contributed by atoms with Crippen LogP contribution in [-0.4, -0.2) is 46.8 Å². The molecule has 0 aliphatic heterocycles. The monoisotopic (exact) mass is 434 g/mol. The van der Waals surface area contributed by atoms with Gasteiger partial charge in [0, 0.05) is 43.2 Å². The van der Waals surface area contributed by atoms with E-state index in [1.54, 1.807) is 6.07 Å². The molecule has 1 aliphatic carbocycles. The molecule has 30 heavy (non-hydrogen) atoms. The second-order valence-electron chi connectivity index (χ2n) is 7.72. The van der Waals surface area contributed by atoms with E-state index in [2.05, 4.69) is 23.7 Å². The summed E-state index contributed by atoms with van der Waals surface area (Å²) in [6.07, 6.45) is 4.99. The number of nitrogens with one attached hydrogen (secondary N) is 1. The number of rotatable bonds is 6. The Morgan fingerprint density at radius 1 is 1.37 bits per heavy atom. The van der Waals surface area contributed by atoms with Crippen molar-refractivity contribution >= 4 is 15.7 Å². The van der Waals surface area contributed by atoms with Gasteiger partial charge in [-0.05, 0) is 56.4 Å². The second-order valence-corrected chi connectivity index (χ2v) is 10.2. The maximum atomic E-state index is 12.3. The molecule has 0 aromatic carbocycles. The minimum Gasteiger partial charge on any atom is -0.396 e. The molecule has 0 radical (unpaired) electrons. The Hall–Kier alpha value is -2.59. The highest BCUT2D eigenvalue weighted by molar-refractivity contribution is 7.92. The fourth-order valence-electron chi connectivity index (χ4n) is 3.30. The molecule has 3 atom stereocenters. The largest absolute Gasteiger partial charge is 0.396 e. The molecule has 1 saturated carbocycles. The first-order chi connectivity index (χ1) is 14.1. The number of hydrogen-bond acceptors (Lipinski definition) is 6. The van der Waals surface area contributed by atoms with Crippen LogP contribution >= 0.6 is 0 Å². The molecular formula is C21H26N2O6S. The number of hydroxylamine groups is 1. The number of hydrogen-bond donors (Lipinski definition) is 3. The third-order valence-corrected chi connectivity index (χ3v) is 7.60. The van der Waals surface area contributed by atoms with Gasteiger partial charge >= 0.3 is 0 Å². The number of sulfone groups is 1. The molecule has 1 aromatic rings. The van der Waals surface area contributed by atoms with Gasteiger partial charge in [0.1, 0.15) is 0 Å². The van der Waals surface area contributed by atoms with Crippen LogP contribution in [0.1, 0.15) is 38.2 Å². The molecule has 3 N–H and O–H groups in total. The molecule has 1 heterocycles. The number of aromatic nitrogens is 1. The predicted molar refractivity (Wildman–Crippen MR) is 111 cm³/mol. The van der Waals surface area contributed by atoms with Crippen LogP contribution in [0.25, 0.3) is 0 Å². The van der Waals surface area contributed by atoms with Crippen molar-refractivity contribution in [1.82, 2.24) is 10.0 Å². The van der Waals surface area contributed by atoms with Crippen LogP contribution < -0.4 is 11.0 Å². The Bertz CT molecular complexity index is 1070. The molecule has 0 bridgehead atoms. The van der Waals surface area contributed by atoms with Gasteiger partial charge in [-0.2, -0.15) is 0 Å². The fraction of sp³-hybridized carbons (Fsp3) is 0.524. The minimum atomic E-state index is -3.83. The molecule has 1 fully saturated rings. The van der Waals surface area contributed by atoms with Crippen molar-refractivity contribution in [3.05, 3.63) is 34.2 Å². The number of amides is 1. The Morgan fingerprint density at radius 2 is 2.10 bits per heavy atom. The van der Waals surface area contributed by atoms with Crippen LogP contribution in [0.4, 0.5) is 0 Å². The van der Waals surface area contributed by atoms with Crippen molar-refractivity contribution in [2.45, 2.75) is 43.9 Å². The summed E-state index contributed by atoms with van der Waals surface area (Å²) in [6.45, 7) is 1.36. The summed E-state index contributed by atoms with van der Waals surface area (Å²) >= 11 is 0. The summed E-state index contributed by atoms with van der Waals surface area (Å²) in [7, 11) is -3.83. The Morgan fingerprint density at radius 3 is 2.67 bits per heavy atom. The van der Waals surface area contributed by atoms with Crippen LogP contribution in [0.3, 0.4) is 0 Å². The van der Waals surface area contributed by atoms with E-state index in [4.69, 9.17) is 10.3 Å². The number of nitrogens with zero attached hydrogens (tertiary/aromatic N) is 1. The zero-order valence-corrected chi connectivity index (χ0v) is 17.8. The summed E-state index contributed by atoms with van der Waals surface area (Å²) in [5.41, 5.74) is 1.46. The van der Waals surface area contributed by atoms with Crippen LogP contribution in [-0.2, 0) is 21.2 Å². The molecule has 162 valence electrons. The van der Waals surface area contributed by atoms with Crippen LogP contribution in [0, 0.1) is 35.5 Å². The predicted octanol–water partition coefficient (Wildman–Crippen LogP) is 0.311. The average Bonchev–Trinajstić information content (AvgIpc) is 3.16. The second kappa shape index (κ2) is 9.94. The highest BCUT2D eigenvalue weighted by Crippen LogP contribution is 2.29. The van der Waals surface area contributed by atoms with Gasteiger partial charge in [-0.25, -0.2) is 13.9 Å². The van der Waals surface area contributed by atoms with Crippen molar-refractivity contribution in [3.63, 3.8) is 0 Å². The lowest BCUT2D eigenvalue weighted by Crippen LogP contribution is -2.49. The summed E-state index contributed by atoms with van der Waals surface area (Å²) in [5.74, 6) is 10.9. The number of aliphatic hydroxyl groups is 1. The molecule has 2 rings (SSSR count). The number of carbonyl (C=O) groups is 1. The van der Waals surface area contributed by atoms with Gasteiger partial charge in [-0.3, -0.25) is 14.8 Å². The van der Waals surface area contributed by atoms with E-state index in [1.807, 2.05) is 0 Å². The molecule has 0 saturated heterocycles. The third-order valence-electron chi connectivity index (χ3n) is 5.57. The van der Waals surface area contributed by atoms with Gasteiger partial charge in [-0.15, -0.1) is 0 Å². The molecule has 3 unspecified atom stereocenters. The van der Waals surface area contributed by atoms with Gasteiger partial charge in [0.2, 0.25) is 0 Å². The smallest absolute Gasteiger partial charge is 0.264 e. The lowest BCUT2D eigenvalue weighted by molar-refractivity contribution is -0.131. The van der Waals surface area contributed by atoms with Crippen molar-refractivity contribution in [2.75, 3.05) is 12.9 Å². The van der Waals surface area contributed by atoms with E-state index in [-0.39, 0.29) is 25.5 Å². The van der Waals surface area contributed by atoms with Crippen LogP contribution in [0.15, 0.2) is 23.1 Å². The molecule has 8 nitrogen and oxygen atoms in total. The molecule has 1 aliphatic rings. The van der Waals surface area contributed by atoms with Gasteiger partial charge < -0.3 is 9.67 Å². The first-order valence-corrected chi connectivity index (χ1v) is 11.5. The molecule has 1 amide bonds. The maximum absolute atomic E-state index is 12.3. The average molecular weight is 435 g/mol. The first-order valence-electron chi connectivity index (χ1n) is 9.57. The quantitative estimate of drug-likeness (QED) is 0.336. The summed E-state index contributed by atoms with van der Waals surface area (Å²) in [4.78, 5) is 24.1. The van der Waals surface area contributed by atoms with E-state index < -0.39 is 26.1 Å². The van der Waals surface area contributed by atoms with Crippen molar-refractivity contribution in [1.29, 1.82) is 0 Å². The minimum absolute atomic E-state index is 0.0307. The van der Waals surface area contributed by atoms with Crippen molar-refractivity contribution in [3.8, 4) is 23.7 Å². The molecule has 0 spiro atoms. The van der Waals surface area contributed by atoms with Crippen LogP contribution in [0.2, 0.25) is 0 Å². The number of carbonyl (C=O) groups excluding carboxylic acids is 1. The fourth-order valence-corrected chi connectivity index (χ4v) is 4.15. The normalized spacial score (nSPS) is 20.3. The lowest BCUT2D eigenvalue weighted by Gasteiger charge is -2.25. The van der Waals surface area contributed by atoms with Crippen LogP contribution in [0.5, 0.6) is 0 Å². The van der Waals surface area contributed by atoms with E-state index in [9.17, 15) is 18.0 Å². The highest BCUT2D eigenvalue weighted by Gasteiger charge is 2.43. The summed E-state index contributed by atoms with van der Waals surface area (Å²) < 4.78 is 23.4. The van der Waals surface area contributed by atoms with E-state index in [0.717, 1.165) is 25.5 Å². The first kappa shape index (κ1) is 23.7. The lowest BCUT2D eigenvalue weighted by atomic mass is 10.1. The zero-order chi connectivity index (χ0) is 22.4. The van der Waals surface area contributed by atoms with E-state index in [1.165, 1.54) is 29.2 Å². The van der Waals surface area contributed by atoms with Gasteiger partial charge in [0.15, 0.2) is 14.6 Å². The van der Waals surface area contributed by atoms with Gasteiger partial charge in [-0.1, -0.05) is 11.8 Å². The molecule has 1 aromatic heterocycles. The molecular weight excluding hydrogens is 408 g/mol. The zero-order valence-electron chi connectivity index (χ0n) is 17.0. The Labute approximate surface area is 176 Å². The van der Waals surface area contributed by atoms with E-state index in [0.29, 0.717) is 11.5 Å². The SMILES string of the molecule is CC(CCn1ccc(C#CC#CC2CCC(CO)C2)cc1=O)(C(=O)NO)S(C)(=O)=O. The van der Waals surface area contributed by atoms with Crippen molar-refractivity contribution < 1.29 is 23.5 Å². The van der Waals surface area contributed by atoms with Gasteiger partial charge in [0.05, 0.1) is 0 Å².